The maximum absolute atomic E-state index is 3.88. The van der Waals surface area contributed by atoms with Gasteiger partial charge in [-0.05, 0) is 12.1 Å². The molecule has 1 aromatic carbocycles. The molecule has 0 aliphatic rings. The minimum absolute atomic E-state index is 0.914. The zero-order valence-corrected chi connectivity index (χ0v) is 6.70. The average Bonchev–Trinajstić information content (AvgIpc) is 2.55. The summed E-state index contributed by atoms with van der Waals surface area (Å²) in [6.45, 7) is 4.00. The van der Waals surface area contributed by atoms with Gasteiger partial charge in [-0.1, -0.05) is 26.0 Å². The molecule has 0 fully saturated rings. The molecule has 0 atom stereocenters. The topological polar surface area (TPSA) is 41.6 Å². The molecule has 2 rings (SSSR count). The third-order valence-electron chi connectivity index (χ3n) is 1.22. The number of rotatable bonds is 0. The monoisotopic (exact) mass is 149 g/mol. The Bertz CT molecular complexity index is 283. The molecule has 0 bridgehead atoms. The lowest BCUT2D eigenvalue weighted by molar-refractivity contribution is 0.959. The Hall–Kier alpha value is -1.38. The van der Waals surface area contributed by atoms with Gasteiger partial charge in [-0.3, -0.25) is 0 Å². The van der Waals surface area contributed by atoms with Crippen LogP contribution >= 0.6 is 0 Å². The summed E-state index contributed by atoms with van der Waals surface area (Å²) in [4.78, 5) is 0. The van der Waals surface area contributed by atoms with Gasteiger partial charge >= 0.3 is 0 Å². The van der Waals surface area contributed by atoms with Crippen LogP contribution in [0.15, 0.2) is 24.3 Å². The highest BCUT2D eigenvalue weighted by molar-refractivity contribution is 5.72. The zero-order valence-electron chi connectivity index (χ0n) is 6.70. The second-order valence-corrected chi connectivity index (χ2v) is 1.81. The van der Waals surface area contributed by atoms with Crippen molar-refractivity contribution in [2.45, 2.75) is 13.8 Å². The Morgan fingerprint density at radius 2 is 1.45 bits per heavy atom. The third-order valence-corrected chi connectivity index (χ3v) is 1.22. The molecule has 0 saturated carbocycles. The van der Waals surface area contributed by atoms with Crippen LogP contribution in [0.25, 0.3) is 11.0 Å². The highest BCUT2D eigenvalue weighted by Gasteiger charge is 1.90. The van der Waals surface area contributed by atoms with Crippen LogP contribution in [0.1, 0.15) is 13.8 Å². The molecule has 0 amide bonds. The average molecular weight is 149 g/mol. The molecule has 0 spiro atoms. The Balaban J connectivity index is 0.000000281. The lowest BCUT2D eigenvalue weighted by Gasteiger charge is -1.78. The van der Waals surface area contributed by atoms with Gasteiger partial charge in [-0.2, -0.15) is 15.4 Å². The van der Waals surface area contributed by atoms with Crippen molar-refractivity contribution in [1.82, 2.24) is 15.4 Å². The van der Waals surface area contributed by atoms with Crippen LogP contribution < -0.4 is 0 Å². The van der Waals surface area contributed by atoms with Crippen LogP contribution in [0.2, 0.25) is 0 Å². The standard InChI is InChI=1S/C6H5N3.C2H6/c1-2-4-6-5(3-1)7-9-8-6;1-2/h1-4H,(H,7,8,9);1-2H3. The molecule has 0 saturated heterocycles. The predicted octanol–water partition coefficient (Wildman–Crippen LogP) is 1.98. The molecule has 58 valence electrons. The Kier molecular flexibility index (Phi) is 2.60. The van der Waals surface area contributed by atoms with Gasteiger partial charge in [0.05, 0.1) is 0 Å². The van der Waals surface area contributed by atoms with Crippen LogP contribution in [-0.2, 0) is 0 Å². The van der Waals surface area contributed by atoms with Crippen molar-refractivity contribution in [3.05, 3.63) is 24.3 Å². The summed E-state index contributed by atoms with van der Waals surface area (Å²) in [5.74, 6) is 0. The normalized spacial score (nSPS) is 8.91. The first-order valence-electron chi connectivity index (χ1n) is 3.72. The molecule has 1 heterocycles. The van der Waals surface area contributed by atoms with Gasteiger partial charge in [0.15, 0.2) is 0 Å². The summed E-state index contributed by atoms with van der Waals surface area (Å²) in [6.07, 6.45) is 0. The lowest BCUT2D eigenvalue weighted by atomic mass is 10.3. The quantitative estimate of drug-likeness (QED) is 0.622. The van der Waals surface area contributed by atoms with E-state index in [-0.39, 0.29) is 0 Å². The predicted molar refractivity (Wildman–Crippen MR) is 45.2 cm³/mol. The minimum Gasteiger partial charge on any atom is -0.197 e. The molecule has 3 nitrogen and oxygen atoms in total. The third kappa shape index (κ3) is 1.55. The number of hydrogen-bond donors (Lipinski definition) is 1. The molecule has 2 aromatic rings. The molecular formula is C8H11N3. The van der Waals surface area contributed by atoms with E-state index in [1.54, 1.807) is 0 Å². The number of hydrogen-bond acceptors (Lipinski definition) is 2. The van der Waals surface area contributed by atoms with Crippen LogP contribution in [0.5, 0.6) is 0 Å². The van der Waals surface area contributed by atoms with E-state index in [4.69, 9.17) is 0 Å². The number of para-hydroxylation sites is 2. The van der Waals surface area contributed by atoms with Gasteiger partial charge in [0.1, 0.15) is 11.0 Å². The van der Waals surface area contributed by atoms with Gasteiger partial charge in [-0.25, -0.2) is 0 Å². The Morgan fingerprint density at radius 3 is 1.91 bits per heavy atom. The fraction of sp³-hybridized carbons (Fsp3) is 0.250. The maximum atomic E-state index is 3.88. The molecule has 0 aliphatic heterocycles. The second kappa shape index (κ2) is 3.71. The van der Waals surface area contributed by atoms with Crippen molar-refractivity contribution < 1.29 is 0 Å². The Labute approximate surface area is 65.4 Å². The number of nitrogens with one attached hydrogen (secondary N) is 1. The number of benzene rings is 1. The number of aromatic amines is 1. The van der Waals surface area contributed by atoms with E-state index in [0.717, 1.165) is 11.0 Å². The van der Waals surface area contributed by atoms with Crippen molar-refractivity contribution in [3.63, 3.8) is 0 Å². The molecule has 1 N–H and O–H groups in total. The first-order valence-corrected chi connectivity index (χ1v) is 3.72. The van der Waals surface area contributed by atoms with Crippen molar-refractivity contribution in [3.8, 4) is 0 Å². The number of H-pyrrole nitrogens is 1. The van der Waals surface area contributed by atoms with Crippen LogP contribution in [0.3, 0.4) is 0 Å². The van der Waals surface area contributed by atoms with E-state index in [1.807, 2.05) is 38.1 Å². The van der Waals surface area contributed by atoms with Gasteiger partial charge in [0.25, 0.3) is 0 Å². The summed E-state index contributed by atoms with van der Waals surface area (Å²) in [5.41, 5.74) is 1.83. The summed E-state index contributed by atoms with van der Waals surface area (Å²) >= 11 is 0. The van der Waals surface area contributed by atoms with Gasteiger partial charge in [0, 0.05) is 0 Å². The molecule has 0 aliphatic carbocycles. The van der Waals surface area contributed by atoms with E-state index >= 15 is 0 Å². The summed E-state index contributed by atoms with van der Waals surface area (Å²) < 4.78 is 0. The molecule has 0 radical (unpaired) electrons. The molecule has 3 heteroatoms. The fourth-order valence-corrected chi connectivity index (χ4v) is 0.786. The molecule has 0 unspecified atom stereocenters. The summed E-state index contributed by atoms with van der Waals surface area (Å²) in [7, 11) is 0. The van der Waals surface area contributed by atoms with E-state index in [9.17, 15) is 0 Å². The van der Waals surface area contributed by atoms with Gasteiger partial charge in [-0.15, -0.1) is 0 Å². The second-order valence-electron chi connectivity index (χ2n) is 1.81. The smallest absolute Gasteiger partial charge is 0.112 e. The minimum atomic E-state index is 0.914. The number of aromatic nitrogens is 3. The maximum Gasteiger partial charge on any atom is 0.112 e. The number of nitrogens with zero attached hydrogens (tertiary/aromatic N) is 2. The molecule has 1 aromatic heterocycles. The SMILES string of the molecule is CC.c1ccc2n[nH]nc2c1. The largest absolute Gasteiger partial charge is 0.197 e. The van der Waals surface area contributed by atoms with Crippen molar-refractivity contribution in [2.24, 2.45) is 0 Å². The van der Waals surface area contributed by atoms with Crippen molar-refractivity contribution >= 4 is 11.0 Å². The zero-order chi connectivity index (χ0) is 8.10. The first kappa shape index (κ1) is 7.72. The lowest BCUT2D eigenvalue weighted by Crippen LogP contribution is -1.63. The van der Waals surface area contributed by atoms with E-state index in [0.29, 0.717) is 0 Å². The van der Waals surface area contributed by atoms with Gasteiger partial charge in [0.2, 0.25) is 0 Å². The summed E-state index contributed by atoms with van der Waals surface area (Å²) in [5, 5.41) is 10.3. The van der Waals surface area contributed by atoms with Crippen LogP contribution in [0, 0.1) is 0 Å². The summed E-state index contributed by atoms with van der Waals surface area (Å²) in [6, 6.07) is 7.70. The highest BCUT2D eigenvalue weighted by Crippen LogP contribution is 2.03. The highest BCUT2D eigenvalue weighted by atomic mass is 15.3. The van der Waals surface area contributed by atoms with Gasteiger partial charge < -0.3 is 0 Å². The fourth-order valence-electron chi connectivity index (χ4n) is 0.786. The van der Waals surface area contributed by atoms with Crippen molar-refractivity contribution in [2.75, 3.05) is 0 Å². The number of fused-ring (bicyclic) bond motifs is 1. The van der Waals surface area contributed by atoms with Crippen LogP contribution in [-0.4, -0.2) is 15.4 Å². The van der Waals surface area contributed by atoms with E-state index in [1.165, 1.54) is 0 Å². The molecule has 11 heavy (non-hydrogen) atoms. The molecular weight excluding hydrogens is 138 g/mol. The van der Waals surface area contributed by atoms with E-state index in [2.05, 4.69) is 15.4 Å². The van der Waals surface area contributed by atoms with Crippen molar-refractivity contribution in [1.29, 1.82) is 0 Å². The Morgan fingerprint density at radius 1 is 1.00 bits per heavy atom. The van der Waals surface area contributed by atoms with E-state index < -0.39 is 0 Å². The van der Waals surface area contributed by atoms with Crippen LogP contribution in [0.4, 0.5) is 0 Å². The first-order chi connectivity index (χ1) is 5.47.